The summed E-state index contributed by atoms with van der Waals surface area (Å²) in [6.07, 6.45) is 1.14. The molecule has 2 saturated heterocycles. The number of nitrogens with zero attached hydrogens (tertiary/aromatic N) is 3. The van der Waals surface area contributed by atoms with Gasteiger partial charge in [0, 0.05) is 50.2 Å². The molecule has 0 spiro atoms. The molecule has 2 fully saturated rings. The van der Waals surface area contributed by atoms with Crippen molar-refractivity contribution in [2.24, 2.45) is 0 Å². The Kier molecular flexibility index (Phi) is 5.05. The van der Waals surface area contributed by atoms with Crippen molar-refractivity contribution in [1.29, 1.82) is 5.41 Å². The number of hydrogen-bond acceptors (Lipinski definition) is 7. The number of aromatic nitrogens is 2. The van der Waals surface area contributed by atoms with Crippen molar-refractivity contribution < 1.29 is 13.5 Å². The molecule has 0 saturated carbocycles. The molecule has 26 heavy (non-hydrogen) atoms. The second-order valence-corrected chi connectivity index (χ2v) is 6.50. The van der Waals surface area contributed by atoms with Crippen molar-refractivity contribution in [2.45, 2.75) is 37.6 Å². The van der Waals surface area contributed by atoms with Crippen molar-refractivity contribution in [1.82, 2.24) is 19.8 Å². The maximum absolute atomic E-state index is 14.5. The predicted molar refractivity (Wildman–Crippen MR) is 92.3 cm³/mol. The number of rotatable bonds is 4. The van der Waals surface area contributed by atoms with E-state index in [1.807, 2.05) is 11.8 Å². The zero-order valence-electron chi connectivity index (χ0n) is 14.4. The Hall–Kier alpha value is -2.33. The average molecular weight is 368 g/mol. The molecule has 1 unspecified atom stereocenters. The summed E-state index contributed by atoms with van der Waals surface area (Å²) in [6, 6.07) is 1.25. The van der Waals surface area contributed by atoms with Crippen LogP contribution in [0.1, 0.15) is 19.6 Å². The molecular weight excluding hydrogens is 346 g/mol. The Morgan fingerprint density at radius 1 is 1.58 bits per heavy atom. The minimum absolute atomic E-state index is 0.0238. The van der Waals surface area contributed by atoms with Gasteiger partial charge in [0.1, 0.15) is 5.82 Å². The van der Waals surface area contributed by atoms with Crippen molar-refractivity contribution in [3.8, 4) is 0 Å². The molecule has 3 heterocycles. The lowest BCUT2D eigenvalue weighted by atomic mass is 10.1. The van der Waals surface area contributed by atoms with E-state index in [1.54, 1.807) is 6.08 Å². The van der Waals surface area contributed by atoms with Crippen LogP contribution in [0.15, 0.2) is 28.8 Å². The predicted octanol–water partition coefficient (Wildman–Crippen LogP) is 0.575. The third kappa shape index (κ3) is 3.61. The number of hydrogen-bond donors (Lipinski definition) is 3. The number of allylic oxidation sites excluding steroid dienone is 1. The third-order valence-electron chi connectivity index (χ3n) is 4.71. The van der Waals surface area contributed by atoms with Gasteiger partial charge in [-0.3, -0.25) is 9.47 Å². The van der Waals surface area contributed by atoms with Crippen LogP contribution in [0, 0.1) is 5.41 Å². The molecule has 1 aromatic heterocycles. The van der Waals surface area contributed by atoms with E-state index in [-0.39, 0.29) is 11.9 Å². The summed E-state index contributed by atoms with van der Waals surface area (Å²) in [5, 5.41) is 10.4. The topological polar surface area (TPSA) is 109 Å². The van der Waals surface area contributed by atoms with E-state index in [4.69, 9.17) is 15.9 Å². The molecule has 0 aromatic carbocycles. The lowest BCUT2D eigenvalue weighted by Gasteiger charge is -2.37. The highest BCUT2D eigenvalue weighted by molar-refractivity contribution is 5.69. The molecule has 3 rings (SSSR count). The molecule has 0 radical (unpaired) electrons. The van der Waals surface area contributed by atoms with Crippen LogP contribution < -0.4 is 16.7 Å². The van der Waals surface area contributed by atoms with E-state index in [0.717, 1.165) is 10.3 Å². The van der Waals surface area contributed by atoms with Crippen molar-refractivity contribution in [2.75, 3.05) is 25.4 Å². The summed E-state index contributed by atoms with van der Waals surface area (Å²) in [6.45, 7) is 3.59. The molecule has 1 aromatic rings. The lowest BCUT2D eigenvalue weighted by Crippen LogP contribution is -2.50. The fourth-order valence-electron chi connectivity index (χ4n) is 3.40. The highest BCUT2D eigenvalue weighted by Gasteiger charge is 2.52. The van der Waals surface area contributed by atoms with Gasteiger partial charge in [-0.2, -0.15) is 4.98 Å². The van der Waals surface area contributed by atoms with Gasteiger partial charge in [0.25, 0.3) is 5.92 Å². The van der Waals surface area contributed by atoms with Gasteiger partial charge in [0.2, 0.25) is 6.23 Å². The van der Waals surface area contributed by atoms with E-state index in [1.165, 1.54) is 18.5 Å². The van der Waals surface area contributed by atoms with E-state index >= 15 is 0 Å². The van der Waals surface area contributed by atoms with E-state index in [9.17, 15) is 13.6 Å². The van der Waals surface area contributed by atoms with Gasteiger partial charge >= 0.3 is 5.69 Å². The number of halogens is 2. The number of nitrogen functional groups attached to an aromatic ring is 1. The maximum Gasteiger partial charge on any atom is 0.351 e. The summed E-state index contributed by atoms with van der Waals surface area (Å²) in [5.41, 5.74) is 5.42. The fourth-order valence-corrected chi connectivity index (χ4v) is 3.40. The van der Waals surface area contributed by atoms with E-state index in [0.29, 0.717) is 19.6 Å². The first kappa shape index (κ1) is 18.5. The minimum Gasteiger partial charge on any atom is -0.386 e. The zero-order chi connectivity index (χ0) is 18.9. The second-order valence-electron chi connectivity index (χ2n) is 6.50. The van der Waals surface area contributed by atoms with Crippen LogP contribution in [0.5, 0.6) is 0 Å². The van der Waals surface area contributed by atoms with Crippen LogP contribution in [0.3, 0.4) is 0 Å². The van der Waals surface area contributed by atoms with Crippen LogP contribution in [0.25, 0.3) is 0 Å². The molecule has 3 atom stereocenters. The number of ether oxygens (including phenoxy) is 1. The summed E-state index contributed by atoms with van der Waals surface area (Å²) in [7, 11) is 0. The highest BCUT2D eigenvalue weighted by atomic mass is 19.3. The standard InChI is InChI=1S/C16H22F2N6O2/c1-10-12(2-4-19)21-5-7-23(10)9-11-8-16(17,18)14(26-11)24-6-3-13(20)22-15(24)25/h2-4,6,10-11,14,19,21H,5,7-9H2,1H3,(H2,20,22,25)/b12-2-,19-4?/t10?,11-,14+/m0/s1. The largest absolute Gasteiger partial charge is 0.386 e. The van der Waals surface area contributed by atoms with Gasteiger partial charge in [0.15, 0.2) is 0 Å². The van der Waals surface area contributed by atoms with Crippen molar-refractivity contribution >= 4 is 12.0 Å². The van der Waals surface area contributed by atoms with Gasteiger partial charge < -0.3 is 21.2 Å². The quantitative estimate of drug-likeness (QED) is 0.671. The monoisotopic (exact) mass is 368 g/mol. The number of anilines is 1. The Morgan fingerprint density at radius 2 is 2.35 bits per heavy atom. The summed E-state index contributed by atoms with van der Waals surface area (Å²) in [5.74, 6) is -3.21. The Labute approximate surface area is 149 Å². The molecule has 0 bridgehead atoms. The molecule has 0 amide bonds. The van der Waals surface area contributed by atoms with Gasteiger partial charge in [-0.1, -0.05) is 0 Å². The first-order valence-corrected chi connectivity index (χ1v) is 8.38. The Balaban J connectivity index is 1.74. The lowest BCUT2D eigenvalue weighted by molar-refractivity contribution is -0.119. The maximum atomic E-state index is 14.5. The molecule has 142 valence electrons. The Bertz CT molecular complexity index is 765. The van der Waals surface area contributed by atoms with Crippen LogP contribution in [-0.4, -0.2) is 58.4 Å². The number of nitrogens with one attached hydrogen (secondary N) is 2. The van der Waals surface area contributed by atoms with Gasteiger partial charge in [0.05, 0.1) is 6.10 Å². The number of nitrogens with two attached hydrogens (primary N) is 1. The highest BCUT2D eigenvalue weighted by Crippen LogP contribution is 2.42. The van der Waals surface area contributed by atoms with Gasteiger partial charge in [-0.25, -0.2) is 13.6 Å². The second kappa shape index (κ2) is 7.12. The van der Waals surface area contributed by atoms with E-state index in [2.05, 4.69) is 10.3 Å². The molecule has 8 nitrogen and oxygen atoms in total. The summed E-state index contributed by atoms with van der Waals surface area (Å²) < 4.78 is 35.2. The SMILES string of the molecule is CC1/C(=C/C=N)NCCN1C[C@@H]1CC(F)(F)[C@H](n2ccc(N)nc2=O)O1. The molecular formula is C16H22F2N6O2. The summed E-state index contributed by atoms with van der Waals surface area (Å²) in [4.78, 5) is 17.4. The molecule has 10 heteroatoms. The fraction of sp³-hybridized carbons (Fsp3) is 0.562. The number of piperazine rings is 1. The van der Waals surface area contributed by atoms with Crippen LogP contribution in [-0.2, 0) is 4.74 Å². The molecule has 2 aliphatic rings. The average Bonchev–Trinajstić information content (AvgIpc) is 2.86. The Morgan fingerprint density at radius 3 is 3.04 bits per heavy atom. The number of alkyl halides is 2. The van der Waals surface area contributed by atoms with Crippen molar-refractivity contribution in [3.63, 3.8) is 0 Å². The van der Waals surface area contributed by atoms with Crippen LogP contribution in [0.4, 0.5) is 14.6 Å². The minimum atomic E-state index is -3.18. The molecule has 0 aliphatic carbocycles. The first-order valence-electron chi connectivity index (χ1n) is 8.38. The van der Waals surface area contributed by atoms with Crippen LogP contribution in [0.2, 0.25) is 0 Å². The van der Waals surface area contributed by atoms with Crippen molar-refractivity contribution in [3.05, 3.63) is 34.5 Å². The molecule has 2 aliphatic heterocycles. The molecule has 4 N–H and O–H groups in total. The summed E-state index contributed by atoms with van der Waals surface area (Å²) >= 11 is 0. The third-order valence-corrected chi connectivity index (χ3v) is 4.71. The van der Waals surface area contributed by atoms with E-state index < -0.39 is 30.4 Å². The normalized spacial score (nSPS) is 30.3. The smallest absolute Gasteiger partial charge is 0.351 e. The van der Waals surface area contributed by atoms with Gasteiger partial charge in [-0.15, -0.1) is 0 Å². The van der Waals surface area contributed by atoms with Crippen LogP contribution >= 0.6 is 0 Å². The van der Waals surface area contributed by atoms with Gasteiger partial charge in [-0.05, 0) is 19.1 Å². The zero-order valence-corrected chi connectivity index (χ0v) is 14.4. The first-order chi connectivity index (χ1) is 12.3.